The van der Waals surface area contributed by atoms with Crippen LogP contribution < -0.4 is 5.32 Å². The molecule has 1 aliphatic heterocycles. The Morgan fingerprint density at radius 3 is 2.90 bits per heavy atom. The SMILES string of the molecule is O=C(C1CCCC1)N1CCC(Nc2ncccc2Cl)C1. The zero-order valence-electron chi connectivity index (χ0n) is 11.5. The predicted molar refractivity (Wildman–Crippen MR) is 79.8 cm³/mol. The van der Waals surface area contributed by atoms with Crippen molar-refractivity contribution in [3.8, 4) is 0 Å². The molecule has 1 saturated heterocycles. The summed E-state index contributed by atoms with van der Waals surface area (Å²) in [5.41, 5.74) is 0. The van der Waals surface area contributed by atoms with Crippen LogP contribution in [0.2, 0.25) is 5.02 Å². The van der Waals surface area contributed by atoms with Gasteiger partial charge in [0, 0.05) is 31.2 Å². The lowest BCUT2D eigenvalue weighted by Crippen LogP contribution is -2.35. The van der Waals surface area contributed by atoms with Crippen LogP contribution in [0.4, 0.5) is 5.82 Å². The molecule has 2 heterocycles. The van der Waals surface area contributed by atoms with Crippen LogP contribution in [0.3, 0.4) is 0 Å². The molecule has 1 aromatic rings. The van der Waals surface area contributed by atoms with Crippen LogP contribution in [-0.2, 0) is 4.79 Å². The van der Waals surface area contributed by atoms with Gasteiger partial charge in [0.25, 0.3) is 0 Å². The second kappa shape index (κ2) is 6.00. The highest BCUT2D eigenvalue weighted by Gasteiger charge is 2.32. The zero-order valence-corrected chi connectivity index (χ0v) is 12.3. The van der Waals surface area contributed by atoms with E-state index >= 15 is 0 Å². The van der Waals surface area contributed by atoms with Crippen molar-refractivity contribution in [2.45, 2.75) is 38.1 Å². The topological polar surface area (TPSA) is 45.2 Å². The standard InChI is InChI=1S/C15H20ClN3O/c16-13-6-3-8-17-14(13)18-12-7-9-19(10-12)15(20)11-4-1-2-5-11/h3,6,8,11-12H,1-2,4-5,7,9-10H2,(H,17,18). The van der Waals surface area contributed by atoms with E-state index in [4.69, 9.17) is 11.6 Å². The summed E-state index contributed by atoms with van der Waals surface area (Å²) in [6.45, 7) is 1.61. The van der Waals surface area contributed by atoms with E-state index < -0.39 is 0 Å². The molecular formula is C15H20ClN3O. The molecule has 3 rings (SSSR count). The van der Waals surface area contributed by atoms with Gasteiger partial charge in [-0.15, -0.1) is 0 Å². The lowest BCUT2D eigenvalue weighted by atomic mass is 10.1. The fraction of sp³-hybridized carbons (Fsp3) is 0.600. The number of amides is 1. The van der Waals surface area contributed by atoms with Crippen molar-refractivity contribution in [2.75, 3.05) is 18.4 Å². The van der Waals surface area contributed by atoms with E-state index in [-0.39, 0.29) is 12.0 Å². The molecule has 1 amide bonds. The van der Waals surface area contributed by atoms with Gasteiger partial charge < -0.3 is 10.2 Å². The summed E-state index contributed by atoms with van der Waals surface area (Å²) in [4.78, 5) is 18.6. The number of rotatable bonds is 3. The van der Waals surface area contributed by atoms with Crippen molar-refractivity contribution in [2.24, 2.45) is 5.92 Å². The third kappa shape index (κ3) is 2.90. The molecule has 4 nitrogen and oxygen atoms in total. The van der Waals surface area contributed by atoms with E-state index in [0.29, 0.717) is 16.7 Å². The Hall–Kier alpha value is -1.29. The Kier molecular flexibility index (Phi) is 4.10. The number of aromatic nitrogens is 1. The monoisotopic (exact) mass is 293 g/mol. The highest BCUT2D eigenvalue weighted by atomic mass is 35.5. The molecule has 1 saturated carbocycles. The molecule has 1 aromatic heterocycles. The smallest absolute Gasteiger partial charge is 0.225 e. The molecular weight excluding hydrogens is 274 g/mol. The number of hydrogen-bond donors (Lipinski definition) is 1. The first-order valence-corrected chi connectivity index (χ1v) is 7.77. The maximum atomic E-state index is 12.4. The maximum absolute atomic E-state index is 12.4. The van der Waals surface area contributed by atoms with Crippen LogP contribution in [0.15, 0.2) is 18.3 Å². The first-order chi connectivity index (χ1) is 9.74. The summed E-state index contributed by atoms with van der Waals surface area (Å²) in [5, 5.41) is 3.98. The molecule has 2 fully saturated rings. The summed E-state index contributed by atoms with van der Waals surface area (Å²) in [6.07, 6.45) is 7.24. The molecule has 0 bridgehead atoms. The number of pyridine rings is 1. The van der Waals surface area contributed by atoms with E-state index in [0.717, 1.165) is 32.4 Å². The van der Waals surface area contributed by atoms with Crippen LogP contribution in [0.5, 0.6) is 0 Å². The Morgan fingerprint density at radius 2 is 2.15 bits per heavy atom. The van der Waals surface area contributed by atoms with E-state index in [1.807, 2.05) is 17.0 Å². The van der Waals surface area contributed by atoms with E-state index in [1.165, 1.54) is 12.8 Å². The Bertz CT molecular complexity index is 488. The number of likely N-dealkylation sites (tertiary alicyclic amines) is 1. The van der Waals surface area contributed by atoms with Gasteiger partial charge in [0.2, 0.25) is 5.91 Å². The predicted octanol–water partition coefficient (Wildman–Crippen LogP) is 2.94. The van der Waals surface area contributed by atoms with Crippen LogP contribution in [-0.4, -0.2) is 34.9 Å². The summed E-state index contributed by atoms with van der Waals surface area (Å²) >= 11 is 6.10. The lowest BCUT2D eigenvalue weighted by molar-refractivity contribution is -0.134. The van der Waals surface area contributed by atoms with E-state index in [9.17, 15) is 4.79 Å². The van der Waals surface area contributed by atoms with Gasteiger partial charge in [0.15, 0.2) is 0 Å². The number of carbonyl (C=O) groups is 1. The quantitative estimate of drug-likeness (QED) is 0.932. The summed E-state index contributed by atoms with van der Waals surface area (Å²) < 4.78 is 0. The fourth-order valence-corrected chi connectivity index (χ4v) is 3.37. The van der Waals surface area contributed by atoms with Crippen LogP contribution in [0, 0.1) is 5.92 Å². The van der Waals surface area contributed by atoms with Crippen LogP contribution in [0.1, 0.15) is 32.1 Å². The third-order valence-corrected chi connectivity index (χ3v) is 4.61. The van der Waals surface area contributed by atoms with Crippen LogP contribution in [0.25, 0.3) is 0 Å². The molecule has 0 spiro atoms. The minimum Gasteiger partial charge on any atom is -0.364 e. The highest BCUT2D eigenvalue weighted by Crippen LogP contribution is 2.28. The lowest BCUT2D eigenvalue weighted by Gasteiger charge is -2.21. The van der Waals surface area contributed by atoms with Crippen molar-refractivity contribution in [3.05, 3.63) is 23.4 Å². The Labute approximate surface area is 124 Å². The van der Waals surface area contributed by atoms with Crippen molar-refractivity contribution in [1.29, 1.82) is 0 Å². The average molecular weight is 294 g/mol. The highest BCUT2D eigenvalue weighted by molar-refractivity contribution is 6.32. The third-order valence-electron chi connectivity index (χ3n) is 4.30. The van der Waals surface area contributed by atoms with Gasteiger partial charge in [0.05, 0.1) is 5.02 Å². The summed E-state index contributed by atoms with van der Waals surface area (Å²) in [5.74, 6) is 1.33. The molecule has 1 atom stereocenters. The maximum Gasteiger partial charge on any atom is 0.225 e. The van der Waals surface area contributed by atoms with E-state index in [1.54, 1.807) is 6.20 Å². The van der Waals surface area contributed by atoms with Crippen molar-refractivity contribution >= 4 is 23.3 Å². The van der Waals surface area contributed by atoms with Crippen LogP contribution >= 0.6 is 11.6 Å². The van der Waals surface area contributed by atoms with Gasteiger partial charge in [-0.05, 0) is 31.4 Å². The minimum atomic E-state index is 0.257. The molecule has 0 radical (unpaired) electrons. The van der Waals surface area contributed by atoms with Gasteiger partial charge in [-0.2, -0.15) is 0 Å². The Morgan fingerprint density at radius 1 is 1.35 bits per heavy atom. The first-order valence-electron chi connectivity index (χ1n) is 7.40. The summed E-state index contributed by atoms with van der Waals surface area (Å²) in [6, 6.07) is 3.90. The number of carbonyl (C=O) groups excluding carboxylic acids is 1. The molecule has 2 aliphatic rings. The van der Waals surface area contributed by atoms with Gasteiger partial charge >= 0.3 is 0 Å². The van der Waals surface area contributed by atoms with E-state index in [2.05, 4.69) is 10.3 Å². The number of nitrogens with one attached hydrogen (secondary N) is 1. The number of halogens is 1. The summed E-state index contributed by atoms with van der Waals surface area (Å²) in [7, 11) is 0. The molecule has 5 heteroatoms. The zero-order chi connectivity index (χ0) is 13.9. The second-order valence-corrected chi connectivity index (χ2v) is 6.14. The van der Waals surface area contributed by atoms with Crippen molar-refractivity contribution in [3.63, 3.8) is 0 Å². The number of nitrogens with zero attached hydrogens (tertiary/aromatic N) is 2. The van der Waals surface area contributed by atoms with Gasteiger partial charge in [-0.25, -0.2) is 4.98 Å². The average Bonchev–Trinajstić information content (AvgIpc) is 3.12. The normalized spacial score (nSPS) is 23.2. The van der Waals surface area contributed by atoms with Crippen molar-refractivity contribution in [1.82, 2.24) is 9.88 Å². The molecule has 1 aliphatic carbocycles. The Balaban J connectivity index is 1.57. The molecule has 1 unspecified atom stereocenters. The number of hydrogen-bond acceptors (Lipinski definition) is 3. The molecule has 1 N–H and O–H groups in total. The fourth-order valence-electron chi connectivity index (χ4n) is 3.19. The largest absolute Gasteiger partial charge is 0.364 e. The van der Waals surface area contributed by atoms with Crippen molar-refractivity contribution < 1.29 is 4.79 Å². The van der Waals surface area contributed by atoms with Gasteiger partial charge in [0.1, 0.15) is 5.82 Å². The minimum absolute atomic E-state index is 0.257. The van der Waals surface area contributed by atoms with Gasteiger partial charge in [-0.3, -0.25) is 4.79 Å². The molecule has 0 aromatic carbocycles. The first kappa shape index (κ1) is 13.7. The molecule has 108 valence electrons. The van der Waals surface area contributed by atoms with Gasteiger partial charge in [-0.1, -0.05) is 24.4 Å². The second-order valence-electron chi connectivity index (χ2n) is 5.73. The number of anilines is 1. The molecule has 20 heavy (non-hydrogen) atoms.